The minimum Gasteiger partial charge on any atom is -0.354 e. The van der Waals surface area contributed by atoms with E-state index in [1.165, 1.54) is 28.1 Å². The number of aryl methyl sites for hydroxylation is 1. The second-order valence-electron chi connectivity index (χ2n) is 5.68. The van der Waals surface area contributed by atoms with Crippen LogP contribution >= 0.6 is 0 Å². The van der Waals surface area contributed by atoms with Crippen LogP contribution in [0.4, 0.5) is 4.39 Å². The van der Waals surface area contributed by atoms with E-state index in [0.29, 0.717) is 17.9 Å². The average Bonchev–Trinajstić information content (AvgIpc) is 3.05. The van der Waals surface area contributed by atoms with Gasteiger partial charge < -0.3 is 5.32 Å². The van der Waals surface area contributed by atoms with Gasteiger partial charge in [0.25, 0.3) is 0 Å². The molecule has 1 heterocycles. The lowest BCUT2D eigenvalue weighted by Crippen LogP contribution is -2.30. The first-order valence-corrected chi connectivity index (χ1v) is 7.97. The molecule has 0 unspecified atom stereocenters. The number of nitrogens with one attached hydrogen (secondary N) is 1. The number of halogens is 1. The molecule has 1 aromatic heterocycles. The molecule has 7 heteroatoms. The van der Waals surface area contributed by atoms with E-state index in [0.717, 1.165) is 6.42 Å². The lowest BCUT2D eigenvalue weighted by molar-refractivity contribution is -0.122. The third-order valence-corrected chi connectivity index (χ3v) is 3.82. The third-order valence-electron chi connectivity index (χ3n) is 3.82. The van der Waals surface area contributed by atoms with Crippen LogP contribution in [0.3, 0.4) is 0 Å². The van der Waals surface area contributed by atoms with Gasteiger partial charge in [-0.25, -0.2) is 4.39 Å². The number of nitrogens with zero attached hydrogens (tertiary/aromatic N) is 4. The summed E-state index contributed by atoms with van der Waals surface area (Å²) in [6.45, 7) is 2.58. The summed E-state index contributed by atoms with van der Waals surface area (Å²) in [5.74, 6) is -0.159. The predicted octanol–water partition coefficient (Wildman–Crippen LogP) is 2.15. The van der Waals surface area contributed by atoms with Crippen molar-refractivity contribution in [1.82, 2.24) is 25.5 Å². The summed E-state index contributed by atoms with van der Waals surface area (Å²) < 4.78 is 12.9. The second-order valence-corrected chi connectivity index (χ2v) is 5.68. The number of hydrogen-bond donors (Lipinski definition) is 1. The van der Waals surface area contributed by atoms with Crippen molar-refractivity contribution in [3.05, 3.63) is 65.5 Å². The van der Waals surface area contributed by atoms with Gasteiger partial charge in [-0.3, -0.25) is 4.79 Å². The van der Waals surface area contributed by atoms with Gasteiger partial charge in [-0.2, -0.15) is 4.80 Å². The van der Waals surface area contributed by atoms with Crippen LogP contribution in [-0.4, -0.2) is 32.7 Å². The zero-order valence-corrected chi connectivity index (χ0v) is 13.8. The number of hydrogen-bond acceptors (Lipinski definition) is 4. The Bertz CT molecular complexity index is 860. The van der Waals surface area contributed by atoms with Crippen LogP contribution < -0.4 is 5.32 Å². The highest BCUT2D eigenvalue weighted by molar-refractivity contribution is 5.75. The normalized spacial score (nSPS) is 10.6. The summed E-state index contributed by atoms with van der Waals surface area (Å²) in [6.07, 6.45) is 0.768. The van der Waals surface area contributed by atoms with Crippen LogP contribution in [0, 0.1) is 12.7 Å². The highest BCUT2D eigenvalue weighted by atomic mass is 19.1. The minimum atomic E-state index is -0.329. The Balaban J connectivity index is 1.51. The van der Waals surface area contributed by atoms with Gasteiger partial charge in [-0.1, -0.05) is 24.3 Å². The van der Waals surface area contributed by atoms with Crippen molar-refractivity contribution >= 4 is 5.91 Å². The first-order valence-electron chi connectivity index (χ1n) is 7.97. The number of amides is 1. The van der Waals surface area contributed by atoms with Crippen LogP contribution in [0.15, 0.2) is 48.5 Å². The van der Waals surface area contributed by atoms with Crippen LogP contribution in [0.5, 0.6) is 0 Å². The highest BCUT2D eigenvalue weighted by Crippen LogP contribution is 2.13. The number of carbonyl (C=O) groups is 1. The molecule has 25 heavy (non-hydrogen) atoms. The molecule has 0 aliphatic rings. The smallest absolute Gasteiger partial charge is 0.243 e. The van der Waals surface area contributed by atoms with Crippen molar-refractivity contribution in [3.63, 3.8) is 0 Å². The summed E-state index contributed by atoms with van der Waals surface area (Å²) in [5.41, 5.74) is 3.06. The largest absolute Gasteiger partial charge is 0.354 e. The Morgan fingerprint density at radius 3 is 2.68 bits per heavy atom. The maximum Gasteiger partial charge on any atom is 0.243 e. The minimum absolute atomic E-state index is 0.0119. The first-order chi connectivity index (χ1) is 12.1. The van der Waals surface area contributed by atoms with Gasteiger partial charge in [0.1, 0.15) is 12.4 Å². The topological polar surface area (TPSA) is 72.7 Å². The van der Waals surface area contributed by atoms with E-state index in [9.17, 15) is 9.18 Å². The molecule has 0 aliphatic carbocycles. The SMILES string of the molecule is Cc1ccccc1CCNC(=O)Cn1nnc(-c2ccc(F)cc2)n1. The Labute approximate surface area is 144 Å². The first kappa shape index (κ1) is 16.8. The molecule has 0 saturated carbocycles. The van der Waals surface area contributed by atoms with E-state index in [2.05, 4.69) is 26.8 Å². The number of aromatic nitrogens is 4. The number of tetrazole rings is 1. The Morgan fingerprint density at radius 2 is 1.92 bits per heavy atom. The summed E-state index contributed by atoms with van der Waals surface area (Å²) in [6, 6.07) is 13.9. The van der Waals surface area contributed by atoms with Crippen molar-refractivity contribution in [2.45, 2.75) is 19.9 Å². The van der Waals surface area contributed by atoms with Crippen LogP contribution in [0.1, 0.15) is 11.1 Å². The highest BCUT2D eigenvalue weighted by Gasteiger charge is 2.09. The van der Waals surface area contributed by atoms with Crippen molar-refractivity contribution < 1.29 is 9.18 Å². The van der Waals surface area contributed by atoms with E-state index in [1.54, 1.807) is 12.1 Å². The molecule has 2 aromatic carbocycles. The second kappa shape index (κ2) is 7.65. The summed E-state index contributed by atoms with van der Waals surface area (Å²) in [4.78, 5) is 13.2. The van der Waals surface area contributed by atoms with Gasteiger partial charge in [0.15, 0.2) is 0 Å². The van der Waals surface area contributed by atoms with Crippen LogP contribution in [-0.2, 0) is 17.8 Å². The van der Waals surface area contributed by atoms with E-state index in [4.69, 9.17) is 0 Å². The van der Waals surface area contributed by atoms with Crippen LogP contribution in [0.2, 0.25) is 0 Å². The molecule has 3 rings (SSSR count). The van der Waals surface area contributed by atoms with E-state index in [1.807, 2.05) is 25.1 Å². The fourth-order valence-corrected chi connectivity index (χ4v) is 2.44. The standard InChI is InChI=1S/C18H18FN5O/c1-13-4-2-3-5-14(13)10-11-20-17(25)12-24-22-18(21-23-24)15-6-8-16(19)9-7-15/h2-9H,10-12H2,1H3,(H,20,25). The van der Waals surface area contributed by atoms with Crippen molar-refractivity contribution in [3.8, 4) is 11.4 Å². The molecule has 0 fully saturated rings. The molecule has 3 aromatic rings. The number of rotatable bonds is 6. The Morgan fingerprint density at radius 1 is 1.16 bits per heavy atom. The van der Waals surface area contributed by atoms with Gasteiger partial charge in [0.05, 0.1) is 0 Å². The molecule has 0 atom stereocenters. The predicted molar refractivity (Wildman–Crippen MR) is 91.1 cm³/mol. The third kappa shape index (κ3) is 4.47. The van der Waals surface area contributed by atoms with E-state index < -0.39 is 0 Å². The number of carbonyl (C=O) groups excluding carboxylic acids is 1. The van der Waals surface area contributed by atoms with Gasteiger partial charge in [-0.05, 0) is 54.0 Å². The molecule has 1 amide bonds. The number of benzene rings is 2. The van der Waals surface area contributed by atoms with Gasteiger partial charge in [-0.15, -0.1) is 10.2 Å². The quantitative estimate of drug-likeness (QED) is 0.747. The molecule has 0 radical (unpaired) electrons. The Hall–Kier alpha value is -3.09. The molecule has 128 valence electrons. The molecule has 0 aliphatic heterocycles. The molecular weight excluding hydrogens is 321 g/mol. The zero-order chi connectivity index (χ0) is 17.6. The zero-order valence-electron chi connectivity index (χ0n) is 13.8. The lowest BCUT2D eigenvalue weighted by atomic mass is 10.1. The molecule has 0 spiro atoms. The van der Waals surface area contributed by atoms with Crippen LogP contribution in [0.25, 0.3) is 11.4 Å². The molecule has 0 bridgehead atoms. The van der Waals surface area contributed by atoms with E-state index >= 15 is 0 Å². The summed E-state index contributed by atoms with van der Waals surface area (Å²) in [7, 11) is 0. The van der Waals surface area contributed by atoms with Gasteiger partial charge in [0.2, 0.25) is 11.7 Å². The summed E-state index contributed by atoms with van der Waals surface area (Å²) in [5, 5.41) is 14.7. The molecule has 1 N–H and O–H groups in total. The fourth-order valence-electron chi connectivity index (χ4n) is 2.44. The maximum atomic E-state index is 12.9. The van der Waals surface area contributed by atoms with Crippen molar-refractivity contribution in [2.75, 3.05) is 6.54 Å². The Kier molecular flexibility index (Phi) is 5.13. The monoisotopic (exact) mass is 339 g/mol. The molecular formula is C18H18FN5O. The maximum absolute atomic E-state index is 12.9. The van der Waals surface area contributed by atoms with Gasteiger partial charge in [0, 0.05) is 12.1 Å². The van der Waals surface area contributed by atoms with E-state index in [-0.39, 0.29) is 18.3 Å². The van der Waals surface area contributed by atoms with Gasteiger partial charge >= 0.3 is 0 Å². The molecule has 0 saturated heterocycles. The molecule has 6 nitrogen and oxygen atoms in total. The summed E-state index contributed by atoms with van der Waals surface area (Å²) >= 11 is 0. The lowest BCUT2D eigenvalue weighted by Gasteiger charge is -2.07. The van der Waals surface area contributed by atoms with Crippen molar-refractivity contribution in [1.29, 1.82) is 0 Å². The fraction of sp³-hybridized carbons (Fsp3) is 0.222. The average molecular weight is 339 g/mol. The van der Waals surface area contributed by atoms with Crippen molar-refractivity contribution in [2.24, 2.45) is 0 Å².